The molecule has 1 heterocycles. The maximum absolute atomic E-state index is 11.8. The van der Waals surface area contributed by atoms with E-state index in [0.717, 1.165) is 5.69 Å². The van der Waals surface area contributed by atoms with Crippen molar-refractivity contribution in [2.45, 2.75) is 20.9 Å². The first kappa shape index (κ1) is 24.6. The topological polar surface area (TPSA) is 58.6 Å². The summed E-state index contributed by atoms with van der Waals surface area (Å²) in [4.78, 5) is 30.3. The van der Waals surface area contributed by atoms with Gasteiger partial charge in [0.1, 0.15) is 0 Å². The Labute approximate surface area is 171 Å². The first-order valence-electron chi connectivity index (χ1n) is 6.44. The Morgan fingerprint density at radius 1 is 1.39 bits per heavy atom. The average Bonchev–Trinajstić information content (AvgIpc) is 2.77. The van der Waals surface area contributed by atoms with Crippen LogP contribution >= 0.6 is 0 Å². The van der Waals surface area contributed by atoms with Gasteiger partial charge in [-0.3, -0.25) is 0 Å². The Hall–Kier alpha value is -0.605. The summed E-state index contributed by atoms with van der Waals surface area (Å²) in [5.41, 5.74) is 0.729. The zero-order valence-corrected chi connectivity index (χ0v) is 28.3. The van der Waals surface area contributed by atoms with Crippen molar-refractivity contribution < 1.29 is 64.0 Å². The maximum atomic E-state index is 11.8. The second-order valence-electron chi connectivity index (χ2n) is 5.73. The van der Waals surface area contributed by atoms with Crippen molar-refractivity contribution in [3.05, 3.63) is 24.3 Å². The summed E-state index contributed by atoms with van der Waals surface area (Å²) >= 11 is -2.17. The number of hydrogen-bond donors (Lipinski definition) is 1. The number of carbonyl (C=O) groups excluding carboxylic acids is 2. The molecule has 0 unspecified atom stereocenters. The summed E-state index contributed by atoms with van der Waals surface area (Å²) in [6.45, 7) is 0.684. The number of nitrogens with zero attached hydrogens (tertiary/aromatic N) is 1. The van der Waals surface area contributed by atoms with Gasteiger partial charge in [0.15, 0.2) is 0 Å². The van der Waals surface area contributed by atoms with Gasteiger partial charge < -0.3 is 0 Å². The third-order valence-corrected chi connectivity index (χ3v) is 8.17. The fraction of sp³-hybridized carbons (Fsp3) is 0.429. The molecule has 2 rings (SSSR count). The van der Waals surface area contributed by atoms with Crippen LogP contribution in [0.2, 0.25) is 14.8 Å². The van der Waals surface area contributed by atoms with Gasteiger partial charge in [-0.05, 0) is 0 Å². The normalized spacial score (nSPS) is 16.4. The molecule has 1 fully saturated rings. The molecule has 1 aliphatic heterocycles. The molecule has 119 valence electrons. The molecule has 9 heteroatoms. The molecule has 1 radical (unpaired) electrons. The number of carbonyl (C=O) groups is 1. The van der Waals surface area contributed by atoms with Crippen LogP contribution in [0.3, 0.4) is 0 Å². The van der Waals surface area contributed by atoms with Crippen LogP contribution in [0, 0.1) is 43.2 Å². The van der Waals surface area contributed by atoms with E-state index in [1.54, 1.807) is 6.41 Å². The van der Waals surface area contributed by atoms with Crippen molar-refractivity contribution in [1.82, 2.24) is 5.32 Å². The molecular formula is C14H17N2O3RfSnUV-3. The molecule has 1 saturated heterocycles. The monoisotopic (exact) mass is 937 g/mol. The molecule has 5 nitrogen and oxygen atoms in total. The predicted molar refractivity (Wildman–Crippen MR) is 78.4 cm³/mol. The number of anilines is 1. The molecular weight excluding hydrogens is 919 g/mol. The summed E-state index contributed by atoms with van der Waals surface area (Å²) in [7, 11) is 0. The molecule has 0 bridgehead atoms. The van der Waals surface area contributed by atoms with E-state index >= 15 is 0 Å². The van der Waals surface area contributed by atoms with E-state index in [1.807, 2.05) is 12.1 Å². The van der Waals surface area contributed by atoms with Crippen LogP contribution in [-0.2, 0) is 28.1 Å². The van der Waals surface area contributed by atoms with E-state index in [-0.39, 0.29) is 62.3 Å². The number of rotatable bonds is 5. The molecule has 1 aliphatic rings. The number of ether oxygens (including phenoxy) is 1. The summed E-state index contributed by atoms with van der Waals surface area (Å²) in [6, 6.07) is 10.1. The molecule has 0 aromatic heterocycles. The molecule has 1 aromatic carbocycles. The Morgan fingerprint density at radius 3 is 2.43 bits per heavy atom. The van der Waals surface area contributed by atoms with Gasteiger partial charge in [0.05, 0.1) is 0 Å². The van der Waals surface area contributed by atoms with Crippen molar-refractivity contribution in [2.75, 3.05) is 18.0 Å². The molecule has 1 N–H and O–H groups in total. The number of benzene rings is 1. The van der Waals surface area contributed by atoms with E-state index in [0.29, 0.717) is 6.54 Å². The van der Waals surface area contributed by atoms with Crippen LogP contribution in [0.25, 0.3) is 0 Å². The third kappa shape index (κ3) is 6.42. The molecule has 1 atom stereocenters. The molecule has 0 saturated carbocycles. The van der Waals surface area contributed by atoms with Gasteiger partial charge in [-0.15, -0.1) is 0 Å². The Kier molecular flexibility index (Phi) is 11.0. The summed E-state index contributed by atoms with van der Waals surface area (Å²) in [5.74, 6) is 0. The van der Waals surface area contributed by atoms with Gasteiger partial charge in [0, 0.05) is 49.7 Å². The van der Waals surface area contributed by atoms with E-state index < -0.39 is 24.5 Å². The Bertz CT molecular complexity index is 514. The van der Waals surface area contributed by atoms with E-state index in [9.17, 15) is 9.59 Å². The minimum Gasteiger partial charge on any atom is 0 e. The minimum atomic E-state index is -2.17. The Morgan fingerprint density at radius 2 is 1.96 bits per heavy atom. The summed E-state index contributed by atoms with van der Waals surface area (Å²) in [5, 5.41) is 2.40. The van der Waals surface area contributed by atoms with Gasteiger partial charge in [-0.25, -0.2) is 0 Å². The number of nitrogens with one attached hydrogen (secondary N) is 1. The van der Waals surface area contributed by atoms with Crippen LogP contribution in [-0.4, -0.2) is 50.1 Å². The summed E-state index contributed by atoms with van der Waals surface area (Å²) < 4.78 is 6.33. The second kappa shape index (κ2) is 10.3. The van der Waals surface area contributed by atoms with Gasteiger partial charge in [0.2, 0.25) is 0 Å². The number of amides is 2. The molecule has 0 aliphatic carbocycles. The van der Waals surface area contributed by atoms with Gasteiger partial charge in [-0.1, -0.05) is 0 Å². The quantitative estimate of drug-likeness (QED) is 0.271. The molecule has 23 heavy (non-hydrogen) atoms. The first-order chi connectivity index (χ1) is 9.41. The standard InChI is InChI=1S/C11H8N2O3.3CH3.Rf.Sn.U.V/c14-8-12-6-10-7-13(11(15)16-10)9-4-2-1-3-5-9;;;;;;;/h4-5,10H,6-7H2,(H,12,14);3*1H3;;;;/q-3;;;;;;;/t10-;;;;;;;/m0......./s1. The van der Waals surface area contributed by atoms with Crippen molar-refractivity contribution in [2.24, 2.45) is 0 Å². The van der Waals surface area contributed by atoms with Crippen LogP contribution in [0.4, 0.5) is 10.5 Å². The Balaban J connectivity index is 0. The molecule has 0 spiro atoms. The number of hydrogen-bond acceptors (Lipinski definition) is 3. The largest absolute Gasteiger partial charge is 0 e. The van der Waals surface area contributed by atoms with E-state index in [2.05, 4.69) is 32.3 Å². The third-order valence-electron chi connectivity index (χ3n) is 3.07. The van der Waals surface area contributed by atoms with E-state index in [4.69, 9.17) is 4.74 Å². The predicted octanol–water partition coefficient (Wildman–Crippen LogP) is 0.812. The minimum absolute atomic E-state index is 0. The van der Waals surface area contributed by atoms with Gasteiger partial charge in [-0.2, -0.15) is 0 Å². The fourth-order valence-electron chi connectivity index (χ4n) is 1.96. The summed E-state index contributed by atoms with van der Waals surface area (Å²) in [6.07, 6.45) is 0.825. The van der Waals surface area contributed by atoms with Crippen LogP contribution in [0.5, 0.6) is 0 Å². The fourth-order valence-corrected chi connectivity index (χ4v) is 4.84. The first-order valence-corrected chi connectivity index (χ1v) is 16.4. The van der Waals surface area contributed by atoms with E-state index in [1.165, 1.54) is 8.48 Å². The molecule has 2 amide bonds. The van der Waals surface area contributed by atoms with Crippen molar-refractivity contribution >= 4 is 40.1 Å². The zero-order valence-electron chi connectivity index (χ0n) is 13.5. The zero-order chi connectivity index (χ0) is 14.8. The average molecular weight is 936 g/mol. The number of cyclic esters (lactones) is 1. The van der Waals surface area contributed by atoms with Crippen LogP contribution < -0.4 is 13.8 Å². The smallest absolute Gasteiger partial charge is 0 e. The van der Waals surface area contributed by atoms with Crippen molar-refractivity contribution in [3.63, 3.8) is 0 Å². The molecule has 1 aromatic rings. The maximum Gasteiger partial charge on any atom is 0 e. The van der Waals surface area contributed by atoms with Crippen LogP contribution in [0.15, 0.2) is 12.1 Å². The SMILES string of the molecule is [CH3][Sn]([CH3])([CH3])[c]1[c-]cc(N2C[C@H](CN[C-]=O)OC2=O)c[c-]1.[Rf].[U].[V]. The van der Waals surface area contributed by atoms with Crippen molar-refractivity contribution in [3.8, 4) is 0 Å². The second-order valence-corrected chi connectivity index (χ2v) is 20.0. The van der Waals surface area contributed by atoms with Gasteiger partial charge >= 0.3 is 123 Å². The van der Waals surface area contributed by atoms with Gasteiger partial charge in [0.25, 0.3) is 0 Å². The van der Waals surface area contributed by atoms with Crippen molar-refractivity contribution in [1.29, 1.82) is 0 Å². The van der Waals surface area contributed by atoms with Crippen LogP contribution in [0.1, 0.15) is 0 Å².